The van der Waals surface area contributed by atoms with Crippen LogP contribution in [0.2, 0.25) is 0 Å². The minimum atomic E-state index is 0.355. The molecular formula is C12H25NO. The summed E-state index contributed by atoms with van der Waals surface area (Å²) >= 11 is 0. The fraction of sp³-hybridized carbons (Fsp3) is 1.00. The zero-order valence-electron chi connectivity index (χ0n) is 10.2. The van der Waals surface area contributed by atoms with Crippen molar-refractivity contribution in [3.63, 3.8) is 0 Å². The average molecular weight is 199 g/mol. The zero-order valence-corrected chi connectivity index (χ0v) is 10.2. The van der Waals surface area contributed by atoms with Crippen LogP contribution in [0.4, 0.5) is 0 Å². The van der Waals surface area contributed by atoms with Gasteiger partial charge in [0.15, 0.2) is 0 Å². The van der Waals surface area contributed by atoms with Crippen LogP contribution in [-0.2, 0) is 4.74 Å². The highest BCUT2D eigenvalue weighted by molar-refractivity contribution is 4.83. The average Bonchev–Trinajstić information content (AvgIpc) is 2.16. The number of hydrogen-bond acceptors (Lipinski definition) is 2. The second-order valence-electron chi connectivity index (χ2n) is 5.34. The molecule has 14 heavy (non-hydrogen) atoms. The third-order valence-electron chi connectivity index (χ3n) is 3.20. The first-order chi connectivity index (χ1) is 6.52. The third-order valence-corrected chi connectivity index (χ3v) is 3.20. The Morgan fingerprint density at radius 2 is 1.79 bits per heavy atom. The van der Waals surface area contributed by atoms with Gasteiger partial charge >= 0.3 is 0 Å². The van der Waals surface area contributed by atoms with Crippen LogP contribution in [0.15, 0.2) is 0 Å². The first kappa shape index (κ1) is 12.0. The number of morpholine rings is 1. The predicted molar refractivity (Wildman–Crippen MR) is 60.5 cm³/mol. The Bertz CT molecular complexity index is 160. The van der Waals surface area contributed by atoms with Crippen LogP contribution in [0, 0.1) is 5.92 Å². The van der Waals surface area contributed by atoms with Crippen molar-refractivity contribution in [3.05, 3.63) is 0 Å². The van der Waals surface area contributed by atoms with Crippen molar-refractivity contribution in [3.8, 4) is 0 Å². The van der Waals surface area contributed by atoms with E-state index in [1.807, 2.05) is 0 Å². The molecule has 0 amide bonds. The van der Waals surface area contributed by atoms with Crippen molar-refractivity contribution in [1.82, 2.24) is 4.90 Å². The molecule has 84 valence electrons. The summed E-state index contributed by atoms with van der Waals surface area (Å²) in [7, 11) is 0. The Morgan fingerprint density at radius 1 is 1.21 bits per heavy atom. The lowest BCUT2D eigenvalue weighted by Gasteiger charge is -2.41. The van der Waals surface area contributed by atoms with Crippen molar-refractivity contribution in [2.45, 2.75) is 46.1 Å². The number of ether oxygens (including phenoxy) is 1. The smallest absolute Gasteiger partial charge is 0.0594 e. The van der Waals surface area contributed by atoms with E-state index in [4.69, 9.17) is 4.74 Å². The van der Waals surface area contributed by atoms with E-state index in [1.54, 1.807) is 0 Å². The Balaban J connectivity index is 2.37. The van der Waals surface area contributed by atoms with E-state index < -0.39 is 0 Å². The molecule has 0 aromatic heterocycles. The van der Waals surface area contributed by atoms with E-state index in [2.05, 4.69) is 32.6 Å². The third kappa shape index (κ3) is 3.58. The second kappa shape index (κ2) is 5.13. The van der Waals surface area contributed by atoms with Crippen molar-refractivity contribution >= 4 is 0 Å². The molecule has 1 heterocycles. The standard InChI is InChI=1S/C12H25NO/c1-11(2)5-6-12(3,4)13-7-9-14-10-8-13/h11H,5-10H2,1-4H3. The van der Waals surface area contributed by atoms with Crippen molar-refractivity contribution < 1.29 is 4.74 Å². The molecule has 1 saturated heterocycles. The SMILES string of the molecule is CC(C)CCC(C)(C)N1CCOCC1. The van der Waals surface area contributed by atoms with Crippen LogP contribution in [0.5, 0.6) is 0 Å². The van der Waals surface area contributed by atoms with Gasteiger partial charge in [-0.15, -0.1) is 0 Å². The monoisotopic (exact) mass is 199 g/mol. The maximum atomic E-state index is 5.38. The summed E-state index contributed by atoms with van der Waals surface area (Å²) in [6, 6.07) is 0. The maximum absolute atomic E-state index is 5.38. The summed E-state index contributed by atoms with van der Waals surface area (Å²) in [6.07, 6.45) is 2.62. The molecule has 1 fully saturated rings. The van der Waals surface area contributed by atoms with E-state index in [1.165, 1.54) is 12.8 Å². The van der Waals surface area contributed by atoms with Gasteiger partial charge in [0.05, 0.1) is 13.2 Å². The highest BCUT2D eigenvalue weighted by atomic mass is 16.5. The van der Waals surface area contributed by atoms with Crippen LogP contribution in [0.3, 0.4) is 0 Å². The van der Waals surface area contributed by atoms with Crippen molar-refractivity contribution in [2.75, 3.05) is 26.3 Å². The normalized spacial score (nSPS) is 20.4. The lowest BCUT2D eigenvalue weighted by atomic mass is 9.92. The van der Waals surface area contributed by atoms with E-state index >= 15 is 0 Å². The molecule has 0 atom stereocenters. The van der Waals surface area contributed by atoms with Crippen LogP contribution in [-0.4, -0.2) is 36.7 Å². The van der Waals surface area contributed by atoms with Gasteiger partial charge in [-0.05, 0) is 32.6 Å². The number of nitrogens with zero attached hydrogens (tertiary/aromatic N) is 1. The molecule has 2 heteroatoms. The first-order valence-electron chi connectivity index (χ1n) is 5.85. The maximum Gasteiger partial charge on any atom is 0.0594 e. The van der Waals surface area contributed by atoms with E-state index in [0.717, 1.165) is 32.2 Å². The lowest BCUT2D eigenvalue weighted by molar-refractivity contribution is -0.0142. The second-order valence-corrected chi connectivity index (χ2v) is 5.34. The van der Waals surface area contributed by atoms with E-state index in [-0.39, 0.29) is 0 Å². The van der Waals surface area contributed by atoms with Gasteiger partial charge in [-0.25, -0.2) is 0 Å². The molecule has 0 saturated carbocycles. The van der Waals surface area contributed by atoms with Gasteiger partial charge in [0.25, 0.3) is 0 Å². The van der Waals surface area contributed by atoms with E-state index in [0.29, 0.717) is 5.54 Å². The largest absolute Gasteiger partial charge is 0.379 e. The molecule has 0 bridgehead atoms. The Labute approximate surface area is 88.6 Å². The van der Waals surface area contributed by atoms with Gasteiger partial charge in [-0.1, -0.05) is 13.8 Å². The topological polar surface area (TPSA) is 12.5 Å². The fourth-order valence-electron chi connectivity index (χ4n) is 1.97. The van der Waals surface area contributed by atoms with Gasteiger partial charge in [0, 0.05) is 18.6 Å². The first-order valence-corrected chi connectivity index (χ1v) is 5.85. The zero-order chi connectivity index (χ0) is 10.6. The highest BCUT2D eigenvalue weighted by Crippen LogP contribution is 2.23. The summed E-state index contributed by atoms with van der Waals surface area (Å²) in [6.45, 7) is 13.3. The summed E-state index contributed by atoms with van der Waals surface area (Å²) in [5.41, 5.74) is 0.355. The molecule has 0 aromatic carbocycles. The van der Waals surface area contributed by atoms with Crippen LogP contribution in [0.1, 0.15) is 40.5 Å². The van der Waals surface area contributed by atoms with Gasteiger partial charge in [-0.2, -0.15) is 0 Å². The molecule has 0 aromatic rings. The number of rotatable bonds is 4. The molecule has 0 radical (unpaired) electrons. The summed E-state index contributed by atoms with van der Waals surface area (Å²) < 4.78 is 5.38. The Morgan fingerprint density at radius 3 is 2.29 bits per heavy atom. The molecule has 0 spiro atoms. The minimum absolute atomic E-state index is 0.355. The van der Waals surface area contributed by atoms with Crippen LogP contribution < -0.4 is 0 Å². The number of hydrogen-bond donors (Lipinski definition) is 0. The van der Waals surface area contributed by atoms with Gasteiger partial charge < -0.3 is 4.74 Å². The summed E-state index contributed by atoms with van der Waals surface area (Å²) in [4.78, 5) is 2.57. The van der Waals surface area contributed by atoms with Gasteiger partial charge in [-0.3, -0.25) is 4.90 Å². The molecule has 0 aliphatic carbocycles. The molecule has 0 unspecified atom stereocenters. The summed E-state index contributed by atoms with van der Waals surface area (Å²) in [5, 5.41) is 0. The fourth-order valence-corrected chi connectivity index (χ4v) is 1.97. The van der Waals surface area contributed by atoms with Crippen LogP contribution >= 0.6 is 0 Å². The molecule has 0 N–H and O–H groups in total. The molecule has 1 aliphatic heterocycles. The minimum Gasteiger partial charge on any atom is -0.379 e. The van der Waals surface area contributed by atoms with Crippen LogP contribution in [0.25, 0.3) is 0 Å². The predicted octanol–water partition coefficient (Wildman–Crippen LogP) is 2.53. The Kier molecular flexibility index (Phi) is 4.39. The van der Waals surface area contributed by atoms with Gasteiger partial charge in [0.2, 0.25) is 0 Å². The quantitative estimate of drug-likeness (QED) is 0.690. The molecular weight excluding hydrogens is 174 g/mol. The van der Waals surface area contributed by atoms with Crippen molar-refractivity contribution in [1.29, 1.82) is 0 Å². The van der Waals surface area contributed by atoms with Crippen molar-refractivity contribution in [2.24, 2.45) is 5.92 Å². The molecule has 1 aliphatic rings. The van der Waals surface area contributed by atoms with Gasteiger partial charge in [0.1, 0.15) is 0 Å². The lowest BCUT2D eigenvalue weighted by Crippen LogP contribution is -2.49. The molecule has 1 rings (SSSR count). The Hall–Kier alpha value is -0.0800. The summed E-state index contributed by atoms with van der Waals surface area (Å²) in [5.74, 6) is 0.815. The molecule has 2 nitrogen and oxygen atoms in total. The highest BCUT2D eigenvalue weighted by Gasteiger charge is 2.27. The van der Waals surface area contributed by atoms with E-state index in [9.17, 15) is 0 Å².